The van der Waals surface area contributed by atoms with Crippen molar-refractivity contribution < 1.29 is 19.4 Å². The van der Waals surface area contributed by atoms with Gasteiger partial charge in [0.25, 0.3) is 0 Å². The molecule has 1 aromatic rings. The number of carbonyl (C=O) groups is 1. The fraction of sp³-hybridized carbons (Fsp3) is 0.417. The third kappa shape index (κ3) is 2.52. The monoisotopic (exact) mass is 224 g/mol. The summed E-state index contributed by atoms with van der Waals surface area (Å²) in [5.41, 5.74) is -1.12. The molecular weight excluding hydrogens is 208 g/mol. The van der Waals surface area contributed by atoms with Crippen molar-refractivity contribution in [2.45, 2.75) is 19.4 Å². The highest BCUT2D eigenvalue weighted by atomic mass is 16.5. The van der Waals surface area contributed by atoms with Crippen molar-refractivity contribution in [2.75, 3.05) is 14.2 Å². The van der Waals surface area contributed by atoms with Gasteiger partial charge >= 0.3 is 0 Å². The summed E-state index contributed by atoms with van der Waals surface area (Å²) in [4.78, 5) is 11.9. The van der Waals surface area contributed by atoms with E-state index >= 15 is 0 Å². The van der Waals surface area contributed by atoms with E-state index in [2.05, 4.69) is 0 Å². The lowest BCUT2D eigenvalue weighted by Gasteiger charge is -2.17. The molecule has 0 saturated carbocycles. The first-order valence-corrected chi connectivity index (χ1v) is 4.89. The van der Waals surface area contributed by atoms with Crippen molar-refractivity contribution in [1.82, 2.24) is 0 Å². The van der Waals surface area contributed by atoms with Crippen LogP contribution in [0.3, 0.4) is 0 Å². The van der Waals surface area contributed by atoms with Crippen molar-refractivity contribution in [3.8, 4) is 11.5 Å². The van der Waals surface area contributed by atoms with Crippen LogP contribution in [0.1, 0.15) is 24.2 Å². The molecular formula is C12H16O4. The van der Waals surface area contributed by atoms with E-state index in [-0.39, 0.29) is 0 Å². The Labute approximate surface area is 94.8 Å². The molecule has 0 heterocycles. The Morgan fingerprint density at radius 2 is 1.88 bits per heavy atom. The molecule has 4 heteroatoms. The Kier molecular flexibility index (Phi) is 3.55. The highest BCUT2D eigenvalue weighted by Crippen LogP contribution is 2.27. The lowest BCUT2D eigenvalue weighted by molar-refractivity contribution is 0.0484. The van der Waals surface area contributed by atoms with Gasteiger partial charge in [-0.2, -0.15) is 0 Å². The van der Waals surface area contributed by atoms with Gasteiger partial charge in [0, 0.05) is 0 Å². The molecule has 16 heavy (non-hydrogen) atoms. The van der Waals surface area contributed by atoms with Crippen molar-refractivity contribution in [3.05, 3.63) is 23.8 Å². The van der Waals surface area contributed by atoms with Gasteiger partial charge in [0.15, 0.2) is 5.78 Å². The molecule has 0 saturated heterocycles. The second kappa shape index (κ2) is 4.53. The Balaban J connectivity index is 3.24. The van der Waals surface area contributed by atoms with Gasteiger partial charge in [-0.3, -0.25) is 4.79 Å². The van der Waals surface area contributed by atoms with Crippen LogP contribution in [0.25, 0.3) is 0 Å². The minimum Gasteiger partial charge on any atom is -0.497 e. The molecule has 0 atom stereocenters. The van der Waals surface area contributed by atoms with E-state index in [0.717, 1.165) is 0 Å². The fourth-order valence-corrected chi connectivity index (χ4v) is 1.32. The van der Waals surface area contributed by atoms with Crippen LogP contribution in [0.15, 0.2) is 18.2 Å². The molecule has 1 rings (SSSR count). The molecule has 4 nitrogen and oxygen atoms in total. The van der Waals surface area contributed by atoms with E-state index < -0.39 is 11.4 Å². The van der Waals surface area contributed by atoms with E-state index in [4.69, 9.17) is 9.47 Å². The van der Waals surface area contributed by atoms with Crippen LogP contribution in [-0.2, 0) is 0 Å². The third-order valence-electron chi connectivity index (χ3n) is 2.21. The quantitative estimate of drug-likeness (QED) is 0.790. The zero-order valence-corrected chi connectivity index (χ0v) is 9.90. The molecule has 0 aliphatic rings. The number of ether oxygens (including phenoxy) is 2. The second-order valence-electron chi connectivity index (χ2n) is 3.95. The molecule has 0 aromatic heterocycles. The molecule has 1 N–H and O–H groups in total. The van der Waals surface area contributed by atoms with Crippen LogP contribution < -0.4 is 9.47 Å². The van der Waals surface area contributed by atoms with E-state index in [9.17, 15) is 9.90 Å². The van der Waals surface area contributed by atoms with Gasteiger partial charge in [0.1, 0.15) is 17.1 Å². The van der Waals surface area contributed by atoms with Crippen molar-refractivity contribution in [2.24, 2.45) is 0 Å². The summed E-state index contributed by atoms with van der Waals surface area (Å²) in [5, 5.41) is 9.68. The van der Waals surface area contributed by atoms with Crippen LogP contribution >= 0.6 is 0 Å². The first-order valence-electron chi connectivity index (χ1n) is 4.89. The number of methoxy groups -OCH3 is 2. The summed E-state index contributed by atoms with van der Waals surface area (Å²) in [7, 11) is 2.99. The van der Waals surface area contributed by atoms with Crippen LogP contribution in [-0.4, -0.2) is 30.7 Å². The molecule has 0 fully saturated rings. The number of hydrogen-bond donors (Lipinski definition) is 1. The topological polar surface area (TPSA) is 55.8 Å². The average Bonchev–Trinajstić information content (AvgIpc) is 2.25. The van der Waals surface area contributed by atoms with Gasteiger partial charge in [0.2, 0.25) is 0 Å². The van der Waals surface area contributed by atoms with Gasteiger partial charge in [-0.25, -0.2) is 0 Å². The van der Waals surface area contributed by atoms with Crippen molar-refractivity contribution in [1.29, 1.82) is 0 Å². The number of benzene rings is 1. The SMILES string of the molecule is COc1ccc(OC)c(C(=O)C(C)(C)O)c1. The highest BCUT2D eigenvalue weighted by Gasteiger charge is 2.28. The summed E-state index contributed by atoms with van der Waals surface area (Å²) >= 11 is 0. The lowest BCUT2D eigenvalue weighted by atomic mass is 9.96. The molecule has 1 aromatic carbocycles. The number of carbonyl (C=O) groups excluding carboxylic acids is 1. The summed E-state index contributed by atoms with van der Waals surface area (Å²) in [6, 6.07) is 4.89. The van der Waals surface area contributed by atoms with Crippen LogP contribution in [0.2, 0.25) is 0 Å². The number of rotatable bonds is 4. The molecule has 0 amide bonds. The Morgan fingerprint density at radius 1 is 1.25 bits per heavy atom. The zero-order valence-electron chi connectivity index (χ0n) is 9.90. The third-order valence-corrected chi connectivity index (χ3v) is 2.21. The first-order chi connectivity index (χ1) is 7.40. The summed E-state index contributed by atoms with van der Waals surface area (Å²) in [6.07, 6.45) is 0. The molecule has 0 radical (unpaired) electrons. The average molecular weight is 224 g/mol. The van der Waals surface area contributed by atoms with Crippen LogP contribution in [0.4, 0.5) is 0 Å². The molecule has 0 bridgehead atoms. The van der Waals surface area contributed by atoms with E-state index in [1.165, 1.54) is 28.1 Å². The fourth-order valence-electron chi connectivity index (χ4n) is 1.32. The Morgan fingerprint density at radius 3 is 2.31 bits per heavy atom. The van der Waals surface area contributed by atoms with E-state index in [1.807, 2.05) is 0 Å². The van der Waals surface area contributed by atoms with Crippen molar-refractivity contribution >= 4 is 5.78 Å². The number of ketones is 1. The van der Waals surface area contributed by atoms with Gasteiger partial charge in [0.05, 0.1) is 19.8 Å². The highest BCUT2D eigenvalue weighted by molar-refractivity contribution is 6.04. The minimum absolute atomic E-state index is 0.314. The standard InChI is InChI=1S/C12H16O4/c1-12(2,14)11(13)9-7-8(15-3)5-6-10(9)16-4/h5-7,14H,1-4H3. The number of Topliss-reactive ketones (excluding diaryl/α,β-unsaturated/α-hetero) is 1. The second-order valence-corrected chi connectivity index (χ2v) is 3.95. The van der Waals surface area contributed by atoms with Gasteiger partial charge in [-0.1, -0.05) is 0 Å². The predicted octanol–water partition coefficient (Wildman–Crippen LogP) is 1.66. The molecule has 0 unspecified atom stereocenters. The van der Waals surface area contributed by atoms with Gasteiger partial charge in [-0.05, 0) is 32.0 Å². The lowest BCUT2D eigenvalue weighted by Crippen LogP contribution is -2.31. The molecule has 88 valence electrons. The Hall–Kier alpha value is -1.55. The maximum atomic E-state index is 11.9. The molecule has 0 spiro atoms. The molecule has 0 aliphatic heterocycles. The first kappa shape index (κ1) is 12.5. The van der Waals surface area contributed by atoms with Gasteiger partial charge in [-0.15, -0.1) is 0 Å². The number of aliphatic hydroxyl groups is 1. The van der Waals surface area contributed by atoms with Crippen molar-refractivity contribution in [3.63, 3.8) is 0 Å². The minimum atomic E-state index is -1.43. The van der Waals surface area contributed by atoms with Gasteiger partial charge < -0.3 is 14.6 Å². The maximum Gasteiger partial charge on any atom is 0.197 e. The maximum absolute atomic E-state index is 11.9. The van der Waals surface area contributed by atoms with E-state index in [0.29, 0.717) is 17.1 Å². The van der Waals surface area contributed by atoms with E-state index in [1.54, 1.807) is 18.2 Å². The zero-order chi connectivity index (χ0) is 12.3. The summed E-state index contributed by atoms with van der Waals surface area (Å²) in [5.74, 6) is 0.574. The largest absolute Gasteiger partial charge is 0.497 e. The summed E-state index contributed by atoms with van der Waals surface area (Å²) in [6.45, 7) is 2.88. The summed E-state index contributed by atoms with van der Waals surface area (Å²) < 4.78 is 10.1. The molecule has 0 aliphatic carbocycles. The van der Waals surface area contributed by atoms with Crippen LogP contribution in [0.5, 0.6) is 11.5 Å². The predicted molar refractivity (Wildman–Crippen MR) is 60.2 cm³/mol. The number of hydrogen-bond acceptors (Lipinski definition) is 4. The smallest absolute Gasteiger partial charge is 0.197 e. The Bertz CT molecular complexity index is 390. The van der Waals surface area contributed by atoms with Crippen LogP contribution in [0, 0.1) is 0 Å². The normalized spacial score (nSPS) is 11.1.